The molecule has 0 heterocycles. The number of ketones is 1. The first-order valence-electron chi connectivity index (χ1n) is 7.54. The van der Waals surface area contributed by atoms with Crippen LogP contribution in [-0.4, -0.2) is 12.4 Å². The second kappa shape index (κ2) is 5.88. The summed E-state index contributed by atoms with van der Waals surface area (Å²) in [7, 11) is 0. The summed E-state index contributed by atoms with van der Waals surface area (Å²) in [4.78, 5) is 12.3. The van der Waals surface area contributed by atoms with Crippen molar-refractivity contribution in [2.45, 2.75) is 32.6 Å². The number of carbonyl (C=O) groups excluding carboxylic acids is 1. The Morgan fingerprint density at radius 2 is 2.25 bits per heavy atom. The van der Waals surface area contributed by atoms with Crippen molar-refractivity contribution in [2.75, 3.05) is 6.61 Å². The summed E-state index contributed by atoms with van der Waals surface area (Å²) in [5.74, 6) is 3.45. The van der Waals surface area contributed by atoms with Gasteiger partial charge in [-0.2, -0.15) is 0 Å². The molecule has 2 aliphatic carbocycles. The van der Waals surface area contributed by atoms with Crippen LogP contribution in [0.25, 0.3) is 0 Å². The largest absolute Gasteiger partial charge is 0.486 e. The third kappa shape index (κ3) is 2.93. The summed E-state index contributed by atoms with van der Waals surface area (Å²) in [5, 5.41) is 0. The number of hydrogen-bond acceptors (Lipinski definition) is 2. The van der Waals surface area contributed by atoms with Crippen LogP contribution in [0.3, 0.4) is 0 Å². The lowest BCUT2D eigenvalue weighted by atomic mass is 9.78. The second-order valence-corrected chi connectivity index (χ2v) is 7.26. The van der Waals surface area contributed by atoms with Crippen molar-refractivity contribution >= 4 is 21.7 Å². The predicted octanol–water partition coefficient (Wildman–Crippen LogP) is 4.47. The molecule has 0 aromatic heterocycles. The third-order valence-corrected chi connectivity index (χ3v) is 5.61. The van der Waals surface area contributed by atoms with Crippen LogP contribution in [0.4, 0.5) is 0 Å². The smallest absolute Gasteiger partial charge is 0.173 e. The predicted molar refractivity (Wildman–Crippen MR) is 82.7 cm³/mol. The fourth-order valence-electron chi connectivity index (χ4n) is 3.99. The Kier molecular flexibility index (Phi) is 4.16. The van der Waals surface area contributed by atoms with E-state index < -0.39 is 0 Å². The molecule has 2 bridgehead atoms. The number of hydrogen-bond donors (Lipinski definition) is 0. The Morgan fingerprint density at radius 3 is 2.90 bits per heavy atom. The van der Waals surface area contributed by atoms with Crippen molar-refractivity contribution in [3.05, 3.63) is 28.7 Å². The van der Waals surface area contributed by atoms with E-state index in [0.29, 0.717) is 5.92 Å². The van der Waals surface area contributed by atoms with Crippen molar-refractivity contribution in [2.24, 2.45) is 23.7 Å². The lowest BCUT2D eigenvalue weighted by Crippen LogP contribution is -2.29. The fourth-order valence-corrected chi connectivity index (χ4v) is 4.37. The molecular formula is C17H21BrO2. The molecule has 4 unspecified atom stereocenters. The second-order valence-electron chi connectivity index (χ2n) is 6.34. The van der Waals surface area contributed by atoms with E-state index in [2.05, 4.69) is 22.9 Å². The number of fused-ring (bicyclic) bond motifs is 2. The number of carbonyl (C=O) groups is 1. The highest BCUT2D eigenvalue weighted by Crippen LogP contribution is 2.51. The molecule has 1 aromatic carbocycles. The first-order chi connectivity index (χ1) is 9.63. The van der Waals surface area contributed by atoms with Gasteiger partial charge < -0.3 is 4.74 Å². The van der Waals surface area contributed by atoms with E-state index in [1.165, 1.54) is 25.7 Å². The van der Waals surface area contributed by atoms with Crippen LogP contribution in [0.2, 0.25) is 0 Å². The molecule has 108 valence electrons. The molecule has 1 aromatic rings. The Labute approximate surface area is 129 Å². The highest BCUT2D eigenvalue weighted by molar-refractivity contribution is 9.10. The molecule has 0 N–H and O–H groups in total. The van der Waals surface area contributed by atoms with Gasteiger partial charge in [0.1, 0.15) is 12.4 Å². The molecule has 3 heteroatoms. The number of rotatable bonds is 5. The molecule has 2 fully saturated rings. The van der Waals surface area contributed by atoms with Gasteiger partial charge in [0.15, 0.2) is 5.78 Å². The van der Waals surface area contributed by atoms with Crippen LogP contribution in [0.5, 0.6) is 5.75 Å². The number of ether oxygens (including phenoxy) is 1. The summed E-state index contributed by atoms with van der Waals surface area (Å²) in [6.07, 6.45) is 5.33. The zero-order valence-corrected chi connectivity index (χ0v) is 13.4. The molecule has 2 nitrogen and oxygen atoms in total. The minimum Gasteiger partial charge on any atom is -0.486 e. The molecule has 0 spiro atoms. The van der Waals surface area contributed by atoms with Crippen molar-refractivity contribution in [3.63, 3.8) is 0 Å². The monoisotopic (exact) mass is 336 g/mol. The lowest BCUT2D eigenvalue weighted by molar-refractivity contribution is -0.126. The molecule has 0 aliphatic heterocycles. The highest BCUT2D eigenvalue weighted by Gasteiger charge is 2.43. The number of benzene rings is 1. The van der Waals surface area contributed by atoms with Crippen LogP contribution >= 0.6 is 15.9 Å². The van der Waals surface area contributed by atoms with E-state index >= 15 is 0 Å². The zero-order valence-electron chi connectivity index (χ0n) is 11.8. The number of halogens is 1. The molecule has 4 atom stereocenters. The average Bonchev–Trinajstić information content (AvgIpc) is 3.06. The highest BCUT2D eigenvalue weighted by atomic mass is 79.9. The van der Waals surface area contributed by atoms with Gasteiger partial charge in [0.2, 0.25) is 0 Å². The van der Waals surface area contributed by atoms with Crippen LogP contribution in [0.1, 0.15) is 32.6 Å². The van der Waals surface area contributed by atoms with Gasteiger partial charge in [-0.15, -0.1) is 0 Å². The number of Topliss-reactive ketones (excluding diaryl/α,β-unsaturated/α-hetero) is 1. The minimum atomic E-state index is 0.150. The molecular weight excluding hydrogens is 316 g/mol. The first kappa shape index (κ1) is 14.1. The van der Waals surface area contributed by atoms with Crippen molar-refractivity contribution in [3.8, 4) is 5.75 Å². The Bertz CT molecular complexity index is 500. The fraction of sp³-hybridized carbons (Fsp3) is 0.588. The maximum absolute atomic E-state index is 12.3. The standard InChI is InChI=1S/C17H21BrO2/c1-11(16-8-12-5-6-13(16)7-12)17(19)10-20-15-4-2-3-14(18)9-15/h2-4,9,11-13,16H,5-8,10H2,1H3. The lowest BCUT2D eigenvalue weighted by Gasteiger charge is -2.26. The normalized spacial score (nSPS) is 29.4. The SMILES string of the molecule is CC(C(=O)COc1cccc(Br)c1)C1CC2CCC1C2. The Balaban J connectivity index is 1.54. The molecule has 0 radical (unpaired) electrons. The Hall–Kier alpha value is -0.830. The average molecular weight is 337 g/mol. The molecule has 2 saturated carbocycles. The van der Waals surface area contributed by atoms with E-state index in [4.69, 9.17) is 4.74 Å². The van der Waals surface area contributed by atoms with Gasteiger partial charge in [-0.1, -0.05) is 35.3 Å². The van der Waals surface area contributed by atoms with E-state index in [1.807, 2.05) is 24.3 Å². The maximum atomic E-state index is 12.3. The van der Waals surface area contributed by atoms with Crippen molar-refractivity contribution in [1.82, 2.24) is 0 Å². The van der Waals surface area contributed by atoms with Crippen molar-refractivity contribution < 1.29 is 9.53 Å². The van der Waals surface area contributed by atoms with Gasteiger partial charge in [-0.25, -0.2) is 0 Å². The molecule has 3 rings (SSSR count). The summed E-state index contributed by atoms with van der Waals surface area (Å²) in [5.41, 5.74) is 0. The van der Waals surface area contributed by atoms with E-state index in [9.17, 15) is 4.79 Å². The third-order valence-electron chi connectivity index (χ3n) is 5.12. The minimum absolute atomic E-state index is 0.150. The summed E-state index contributed by atoms with van der Waals surface area (Å²) < 4.78 is 6.61. The zero-order chi connectivity index (χ0) is 14.1. The molecule has 0 amide bonds. The van der Waals surface area contributed by atoms with Crippen LogP contribution in [0, 0.1) is 23.7 Å². The van der Waals surface area contributed by atoms with E-state index in [-0.39, 0.29) is 18.3 Å². The van der Waals surface area contributed by atoms with Crippen LogP contribution in [0.15, 0.2) is 28.7 Å². The Morgan fingerprint density at radius 1 is 1.40 bits per heavy atom. The topological polar surface area (TPSA) is 26.3 Å². The summed E-state index contributed by atoms with van der Waals surface area (Å²) in [6, 6.07) is 7.66. The summed E-state index contributed by atoms with van der Waals surface area (Å²) in [6.45, 7) is 2.30. The van der Waals surface area contributed by atoms with Crippen LogP contribution in [-0.2, 0) is 4.79 Å². The van der Waals surface area contributed by atoms with Crippen LogP contribution < -0.4 is 4.74 Å². The van der Waals surface area contributed by atoms with Gasteiger partial charge in [-0.3, -0.25) is 4.79 Å². The van der Waals surface area contributed by atoms with Gasteiger partial charge >= 0.3 is 0 Å². The maximum Gasteiger partial charge on any atom is 0.173 e. The van der Waals surface area contributed by atoms with Gasteiger partial charge in [0, 0.05) is 10.4 Å². The van der Waals surface area contributed by atoms with E-state index in [1.54, 1.807) is 0 Å². The first-order valence-corrected chi connectivity index (χ1v) is 8.34. The molecule has 0 saturated heterocycles. The summed E-state index contributed by atoms with van der Waals surface area (Å²) >= 11 is 3.41. The van der Waals surface area contributed by atoms with E-state index in [0.717, 1.165) is 22.1 Å². The van der Waals surface area contributed by atoms with Gasteiger partial charge in [-0.05, 0) is 55.2 Å². The van der Waals surface area contributed by atoms with Gasteiger partial charge in [0.25, 0.3) is 0 Å². The van der Waals surface area contributed by atoms with Gasteiger partial charge in [0.05, 0.1) is 0 Å². The molecule has 2 aliphatic rings. The van der Waals surface area contributed by atoms with Crippen molar-refractivity contribution in [1.29, 1.82) is 0 Å². The molecule has 20 heavy (non-hydrogen) atoms. The quantitative estimate of drug-likeness (QED) is 0.792.